The molecule has 0 amide bonds. The number of nitrogens with zero attached hydrogens (tertiary/aromatic N) is 1. The highest BCUT2D eigenvalue weighted by molar-refractivity contribution is 5.21. The lowest BCUT2D eigenvalue weighted by Crippen LogP contribution is -2.52. The molecule has 2 N–H and O–H groups in total. The number of hydrogen-bond acceptors (Lipinski definition) is 2. The van der Waals surface area contributed by atoms with Gasteiger partial charge in [-0.05, 0) is 50.9 Å². The maximum absolute atomic E-state index is 13.7. The van der Waals surface area contributed by atoms with Crippen LogP contribution in [0.3, 0.4) is 0 Å². The molecule has 1 aromatic carbocycles. The third-order valence-electron chi connectivity index (χ3n) is 3.90. The zero-order valence-corrected chi connectivity index (χ0v) is 10.8. The molecular weight excluding hydrogens is 234 g/mol. The number of nitrogens with two attached hydrogens (primary N) is 1. The zero-order chi connectivity index (χ0) is 13.2. The molecule has 1 unspecified atom stereocenters. The van der Waals surface area contributed by atoms with Crippen LogP contribution in [0.4, 0.5) is 8.78 Å². The summed E-state index contributed by atoms with van der Waals surface area (Å²) < 4.78 is 26.6. The van der Waals surface area contributed by atoms with E-state index >= 15 is 0 Å². The van der Waals surface area contributed by atoms with Gasteiger partial charge in [0.1, 0.15) is 11.6 Å². The van der Waals surface area contributed by atoms with E-state index in [2.05, 4.69) is 11.8 Å². The number of rotatable bonds is 4. The van der Waals surface area contributed by atoms with Crippen molar-refractivity contribution in [1.82, 2.24) is 4.90 Å². The van der Waals surface area contributed by atoms with E-state index in [1.807, 2.05) is 0 Å². The smallest absolute Gasteiger partial charge is 0.129 e. The molecule has 1 saturated heterocycles. The summed E-state index contributed by atoms with van der Waals surface area (Å²) in [7, 11) is 0. The standard InChI is InChI=1S/C14H20F2N2/c1-14(10-17,18-6-2-3-7-18)9-11-4-5-12(15)8-13(11)16/h4-5,8H,2-3,6-7,9-10,17H2,1H3. The molecule has 2 rings (SSSR count). The van der Waals surface area contributed by atoms with Gasteiger partial charge < -0.3 is 5.73 Å². The van der Waals surface area contributed by atoms with Gasteiger partial charge in [-0.25, -0.2) is 8.78 Å². The Balaban J connectivity index is 2.18. The lowest BCUT2D eigenvalue weighted by atomic mass is 9.91. The van der Waals surface area contributed by atoms with Crippen LogP contribution in [0.1, 0.15) is 25.3 Å². The second kappa shape index (κ2) is 5.33. The van der Waals surface area contributed by atoms with Gasteiger partial charge in [-0.1, -0.05) is 6.07 Å². The second-order valence-corrected chi connectivity index (χ2v) is 5.31. The molecule has 0 spiro atoms. The molecule has 1 aromatic rings. The van der Waals surface area contributed by atoms with Crippen molar-refractivity contribution < 1.29 is 8.78 Å². The number of halogens is 2. The van der Waals surface area contributed by atoms with Gasteiger partial charge in [0.2, 0.25) is 0 Å². The van der Waals surface area contributed by atoms with Crippen LogP contribution < -0.4 is 5.73 Å². The Kier molecular flexibility index (Phi) is 3.97. The first-order valence-corrected chi connectivity index (χ1v) is 6.44. The molecule has 100 valence electrons. The SMILES string of the molecule is CC(CN)(Cc1ccc(F)cc1F)N1CCCC1. The van der Waals surface area contributed by atoms with Crippen LogP contribution in [-0.4, -0.2) is 30.1 Å². The molecule has 1 aliphatic heterocycles. The van der Waals surface area contributed by atoms with Gasteiger partial charge in [0.05, 0.1) is 0 Å². The summed E-state index contributed by atoms with van der Waals surface area (Å²) in [6, 6.07) is 3.77. The Morgan fingerprint density at radius 1 is 1.28 bits per heavy atom. The summed E-state index contributed by atoms with van der Waals surface area (Å²) in [5.41, 5.74) is 6.17. The topological polar surface area (TPSA) is 29.3 Å². The quantitative estimate of drug-likeness (QED) is 0.893. The van der Waals surface area contributed by atoms with Crippen LogP contribution in [0.15, 0.2) is 18.2 Å². The minimum atomic E-state index is -0.535. The normalized spacial score (nSPS) is 20.0. The highest BCUT2D eigenvalue weighted by Gasteiger charge is 2.33. The van der Waals surface area contributed by atoms with Crippen LogP contribution in [0.25, 0.3) is 0 Å². The second-order valence-electron chi connectivity index (χ2n) is 5.31. The Hall–Kier alpha value is -1.00. The zero-order valence-electron chi connectivity index (χ0n) is 10.8. The summed E-state index contributed by atoms with van der Waals surface area (Å²) in [6.45, 7) is 4.55. The maximum atomic E-state index is 13.7. The fourth-order valence-electron chi connectivity index (χ4n) is 2.65. The van der Waals surface area contributed by atoms with Gasteiger partial charge >= 0.3 is 0 Å². The van der Waals surface area contributed by atoms with Gasteiger partial charge in [0.15, 0.2) is 0 Å². The first kappa shape index (κ1) is 13.4. The molecule has 18 heavy (non-hydrogen) atoms. The number of hydrogen-bond donors (Lipinski definition) is 1. The Labute approximate surface area is 107 Å². The number of likely N-dealkylation sites (tertiary alicyclic amines) is 1. The average molecular weight is 254 g/mol. The van der Waals surface area contributed by atoms with Crippen molar-refractivity contribution in [2.75, 3.05) is 19.6 Å². The van der Waals surface area contributed by atoms with Gasteiger partial charge in [0.25, 0.3) is 0 Å². The third-order valence-corrected chi connectivity index (χ3v) is 3.90. The molecule has 0 bridgehead atoms. The molecule has 1 aliphatic rings. The van der Waals surface area contributed by atoms with E-state index in [0.29, 0.717) is 18.5 Å². The van der Waals surface area contributed by atoms with Crippen molar-refractivity contribution in [3.63, 3.8) is 0 Å². The fraction of sp³-hybridized carbons (Fsp3) is 0.571. The lowest BCUT2D eigenvalue weighted by Gasteiger charge is -2.38. The minimum Gasteiger partial charge on any atom is -0.329 e. The van der Waals surface area contributed by atoms with Crippen LogP contribution in [0, 0.1) is 11.6 Å². The molecule has 0 radical (unpaired) electrons. The van der Waals surface area contributed by atoms with Crippen molar-refractivity contribution in [2.24, 2.45) is 5.73 Å². The summed E-state index contributed by atoms with van der Waals surface area (Å²) >= 11 is 0. The summed E-state index contributed by atoms with van der Waals surface area (Å²) in [4.78, 5) is 2.32. The Morgan fingerprint density at radius 3 is 2.50 bits per heavy atom. The highest BCUT2D eigenvalue weighted by atomic mass is 19.1. The minimum absolute atomic E-state index is 0.241. The number of benzene rings is 1. The van der Waals surface area contributed by atoms with E-state index < -0.39 is 11.6 Å². The first-order valence-electron chi connectivity index (χ1n) is 6.44. The lowest BCUT2D eigenvalue weighted by molar-refractivity contribution is 0.141. The molecule has 4 heteroatoms. The van der Waals surface area contributed by atoms with Gasteiger partial charge in [-0.15, -0.1) is 0 Å². The molecule has 0 aromatic heterocycles. The van der Waals surface area contributed by atoms with E-state index in [1.165, 1.54) is 25.0 Å². The van der Waals surface area contributed by atoms with E-state index in [1.54, 1.807) is 0 Å². The molecule has 2 nitrogen and oxygen atoms in total. The Morgan fingerprint density at radius 2 is 1.94 bits per heavy atom. The van der Waals surface area contributed by atoms with E-state index in [4.69, 9.17) is 5.73 Å². The highest BCUT2D eigenvalue weighted by Crippen LogP contribution is 2.25. The molecule has 1 heterocycles. The van der Waals surface area contributed by atoms with Gasteiger partial charge in [-0.2, -0.15) is 0 Å². The summed E-state index contributed by atoms with van der Waals surface area (Å²) in [5.74, 6) is -1.01. The van der Waals surface area contributed by atoms with Gasteiger partial charge in [0, 0.05) is 18.2 Å². The molecule has 1 fully saturated rings. The van der Waals surface area contributed by atoms with E-state index in [-0.39, 0.29) is 5.54 Å². The largest absolute Gasteiger partial charge is 0.329 e. The van der Waals surface area contributed by atoms with Gasteiger partial charge in [-0.3, -0.25) is 4.90 Å². The van der Waals surface area contributed by atoms with Crippen molar-refractivity contribution in [3.05, 3.63) is 35.4 Å². The molecule has 0 saturated carbocycles. The predicted octanol–water partition coefficient (Wildman–Crippen LogP) is 2.32. The van der Waals surface area contributed by atoms with Crippen LogP contribution in [0.2, 0.25) is 0 Å². The fourth-order valence-corrected chi connectivity index (χ4v) is 2.65. The maximum Gasteiger partial charge on any atom is 0.129 e. The average Bonchev–Trinajstić information content (AvgIpc) is 2.87. The monoisotopic (exact) mass is 254 g/mol. The summed E-state index contributed by atoms with van der Waals surface area (Å²) in [5, 5.41) is 0. The van der Waals surface area contributed by atoms with Crippen molar-refractivity contribution >= 4 is 0 Å². The molecule has 0 aliphatic carbocycles. The van der Waals surface area contributed by atoms with Crippen molar-refractivity contribution in [3.8, 4) is 0 Å². The van der Waals surface area contributed by atoms with Crippen molar-refractivity contribution in [2.45, 2.75) is 31.7 Å². The Bertz CT molecular complexity index is 416. The third kappa shape index (κ3) is 2.70. The first-order chi connectivity index (χ1) is 8.55. The van der Waals surface area contributed by atoms with Crippen molar-refractivity contribution in [1.29, 1.82) is 0 Å². The van der Waals surface area contributed by atoms with Crippen LogP contribution >= 0.6 is 0 Å². The summed E-state index contributed by atoms with van der Waals surface area (Å²) in [6.07, 6.45) is 2.86. The molecular formula is C14H20F2N2. The molecule has 1 atom stereocenters. The van der Waals surface area contributed by atoms with E-state index in [9.17, 15) is 8.78 Å². The van der Waals surface area contributed by atoms with Crippen LogP contribution in [0.5, 0.6) is 0 Å². The van der Waals surface area contributed by atoms with Crippen LogP contribution in [-0.2, 0) is 6.42 Å². The predicted molar refractivity (Wildman–Crippen MR) is 68.3 cm³/mol. The van der Waals surface area contributed by atoms with E-state index in [0.717, 1.165) is 19.2 Å².